The van der Waals surface area contributed by atoms with Crippen LogP contribution in [-0.4, -0.2) is 58.5 Å². The van der Waals surface area contributed by atoms with Crippen LogP contribution in [0.1, 0.15) is 12.0 Å². The summed E-state index contributed by atoms with van der Waals surface area (Å²) in [5.74, 6) is -0.276. The van der Waals surface area contributed by atoms with Crippen molar-refractivity contribution < 1.29 is 36.6 Å². The number of sulfonamides is 1. The Hall–Kier alpha value is -3.96. The number of nitrogens with zero attached hydrogens (tertiary/aromatic N) is 2. The summed E-state index contributed by atoms with van der Waals surface area (Å²) in [6, 6.07) is 14.5. The third-order valence-corrected chi connectivity index (χ3v) is 8.21. The van der Waals surface area contributed by atoms with Crippen LogP contribution in [0.25, 0.3) is 0 Å². The van der Waals surface area contributed by atoms with Crippen LogP contribution < -0.4 is 19.1 Å². The summed E-state index contributed by atoms with van der Waals surface area (Å²) in [6.45, 7) is -0.116. The Bertz CT molecular complexity index is 1430. The molecule has 2 amide bonds. The van der Waals surface area contributed by atoms with E-state index in [-0.39, 0.29) is 24.3 Å². The molecular formula is C27H27FN2O7S. The lowest BCUT2D eigenvalue weighted by atomic mass is 10.1. The summed E-state index contributed by atoms with van der Waals surface area (Å²) in [4.78, 5) is 27.3. The van der Waals surface area contributed by atoms with E-state index in [4.69, 9.17) is 14.2 Å². The van der Waals surface area contributed by atoms with Gasteiger partial charge in [0.25, 0.3) is 5.91 Å². The normalized spacial score (nSPS) is 15.7. The molecule has 0 saturated carbocycles. The van der Waals surface area contributed by atoms with E-state index in [1.54, 1.807) is 42.5 Å². The van der Waals surface area contributed by atoms with Crippen molar-refractivity contribution in [2.75, 3.05) is 32.8 Å². The minimum absolute atomic E-state index is 0.116. The molecule has 1 saturated heterocycles. The highest BCUT2D eigenvalue weighted by atomic mass is 32.2. The van der Waals surface area contributed by atoms with Crippen LogP contribution in [-0.2, 0) is 26.0 Å². The molecule has 4 rings (SSSR count). The van der Waals surface area contributed by atoms with Crippen molar-refractivity contribution in [3.05, 3.63) is 78.1 Å². The number of carbonyl (C=O) groups excluding carboxylic acids is 2. The Morgan fingerprint density at radius 1 is 0.895 bits per heavy atom. The van der Waals surface area contributed by atoms with Gasteiger partial charge in [0, 0.05) is 6.54 Å². The van der Waals surface area contributed by atoms with Crippen molar-refractivity contribution in [1.82, 2.24) is 4.31 Å². The fourth-order valence-corrected chi connectivity index (χ4v) is 5.89. The molecule has 1 aliphatic rings. The van der Waals surface area contributed by atoms with Gasteiger partial charge in [-0.05, 0) is 72.6 Å². The molecule has 1 fully saturated rings. The Morgan fingerprint density at radius 2 is 1.55 bits per heavy atom. The summed E-state index contributed by atoms with van der Waals surface area (Å²) in [5.41, 5.74) is 1.04. The first-order chi connectivity index (χ1) is 18.2. The Morgan fingerprint density at radius 3 is 2.16 bits per heavy atom. The lowest BCUT2D eigenvalue weighted by Gasteiger charge is -2.27. The number of imide groups is 1. The molecule has 200 valence electrons. The maximum Gasteiger partial charge on any atom is 0.252 e. The van der Waals surface area contributed by atoms with E-state index in [0.717, 1.165) is 39.0 Å². The number of hydrogen-bond acceptors (Lipinski definition) is 7. The van der Waals surface area contributed by atoms with Gasteiger partial charge in [-0.25, -0.2) is 17.7 Å². The number of rotatable bonds is 10. The molecule has 0 aromatic heterocycles. The Labute approximate surface area is 220 Å². The van der Waals surface area contributed by atoms with Crippen LogP contribution in [0.2, 0.25) is 0 Å². The second-order valence-corrected chi connectivity index (χ2v) is 10.4. The van der Waals surface area contributed by atoms with Gasteiger partial charge in [0.15, 0.2) is 11.5 Å². The first kappa shape index (κ1) is 27.1. The number of carbonyl (C=O) groups is 2. The highest BCUT2D eigenvalue weighted by Gasteiger charge is 2.46. The second-order valence-electron chi connectivity index (χ2n) is 8.49. The lowest BCUT2D eigenvalue weighted by Crippen LogP contribution is -2.46. The van der Waals surface area contributed by atoms with Gasteiger partial charge in [-0.1, -0.05) is 6.07 Å². The standard InChI is InChI=1S/C27H27FN2O7S/c1-35-21-9-7-20(8-10-21)30-26(31)17-23(27(30)32)29(38(33,34)22-11-5-19(28)6-12-22)15-14-18-4-13-24(36-2)25(16-18)37-3/h4-13,16,23H,14-15,17H2,1-3H3. The molecule has 9 nitrogen and oxygen atoms in total. The van der Waals surface area contributed by atoms with E-state index in [0.29, 0.717) is 22.9 Å². The van der Waals surface area contributed by atoms with E-state index in [1.165, 1.54) is 21.3 Å². The van der Waals surface area contributed by atoms with Gasteiger partial charge in [0.1, 0.15) is 17.6 Å². The number of amides is 2. The predicted molar refractivity (Wildman–Crippen MR) is 137 cm³/mol. The molecule has 3 aromatic rings. The minimum atomic E-state index is -4.28. The average molecular weight is 543 g/mol. The number of anilines is 1. The molecule has 38 heavy (non-hydrogen) atoms. The highest BCUT2D eigenvalue weighted by molar-refractivity contribution is 7.89. The third kappa shape index (κ3) is 5.34. The van der Waals surface area contributed by atoms with Crippen molar-refractivity contribution >= 4 is 27.5 Å². The average Bonchev–Trinajstić information content (AvgIpc) is 3.21. The summed E-state index contributed by atoms with van der Waals surface area (Å²) in [7, 11) is 0.208. The van der Waals surface area contributed by atoms with Crippen molar-refractivity contribution in [2.24, 2.45) is 0 Å². The topological polar surface area (TPSA) is 102 Å². The minimum Gasteiger partial charge on any atom is -0.497 e. The van der Waals surface area contributed by atoms with Gasteiger partial charge in [-0.2, -0.15) is 4.31 Å². The zero-order chi connectivity index (χ0) is 27.4. The first-order valence-electron chi connectivity index (χ1n) is 11.7. The van der Waals surface area contributed by atoms with E-state index >= 15 is 0 Å². The molecule has 1 aliphatic heterocycles. The van der Waals surface area contributed by atoms with Gasteiger partial charge in [0.05, 0.1) is 38.3 Å². The monoisotopic (exact) mass is 542 g/mol. The van der Waals surface area contributed by atoms with Crippen molar-refractivity contribution in [1.29, 1.82) is 0 Å². The SMILES string of the molecule is COc1ccc(N2C(=O)CC(N(CCc3ccc(OC)c(OC)c3)S(=O)(=O)c3ccc(F)cc3)C2=O)cc1. The van der Waals surface area contributed by atoms with Crippen LogP contribution in [0, 0.1) is 5.82 Å². The molecule has 3 aromatic carbocycles. The number of hydrogen-bond donors (Lipinski definition) is 0. The fraction of sp³-hybridized carbons (Fsp3) is 0.259. The maximum absolute atomic E-state index is 13.7. The third-order valence-electron chi connectivity index (χ3n) is 6.29. The Kier molecular flexibility index (Phi) is 7.98. The van der Waals surface area contributed by atoms with E-state index < -0.39 is 33.7 Å². The van der Waals surface area contributed by atoms with Gasteiger partial charge in [0.2, 0.25) is 15.9 Å². The fourth-order valence-electron chi connectivity index (χ4n) is 4.30. The van der Waals surface area contributed by atoms with E-state index in [9.17, 15) is 22.4 Å². The molecule has 1 atom stereocenters. The molecule has 0 bridgehead atoms. The number of ether oxygens (including phenoxy) is 3. The molecule has 1 heterocycles. The number of halogens is 1. The van der Waals surface area contributed by atoms with Gasteiger partial charge in [-0.15, -0.1) is 0 Å². The smallest absolute Gasteiger partial charge is 0.252 e. The van der Waals surface area contributed by atoms with E-state index in [1.807, 2.05) is 0 Å². The molecule has 11 heteroatoms. The summed E-state index contributed by atoms with van der Waals surface area (Å²) >= 11 is 0. The van der Waals surface area contributed by atoms with Crippen LogP contribution in [0.15, 0.2) is 71.6 Å². The second kappa shape index (κ2) is 11.2. The zero-order valence-corrected chi connectivity index (χ0v) is 21.9. The quantitative estimate of drug-likeness (QED) is 0.362. The predicted octanol–water partition coefficient (Wildman–Crippen LogP) is 3.42. The maximum atomic E-state index is 13.7. The molecule has 0 N–H and O–H groups in total. The van der Waals surface area contributed by atoms with Crippen molar-refractivity contribution in [3.63, 3.8) is 0 Å². The summed E-state index contributed by atoms with van der Waals surface area (Å²) < 4.78 is 57.7. The molecule has 0 aliphatic carbocycles. The van der Waals surface area contributed by atoms with Crippen LogP contribution in [0.5, 0.6) is 17.2 Å². The van der Waals surface area contributed by atoms with Gasteiger partial charge >= 0.3 is 0 Å². The highest BCUT2D eigenvalue weighted by Crippen LogP contribution is 2.32. The molecule has 1 unspecified atom stereocenters. The van der Waals surface area contributed by atoms with E-state index in [2.05, 4.69) is 0 Å². The van der Waals surface area contributed by atoms with Crippen LogP contribution in [0.3, 0.4) is 0 Å². The largest absolute Gasteiger partial charge is 0.497 e. The summed E-state index contributed by atoms with van der Waals surface area (Å²) in [5, 5.41) is 0. The molecular weight excluding hydrogens is 515 g/mol. The number of benzene rings is 3. The van der Waals surface area contributed by atoms with Gasteiger partial charge < -0.3 is 14.2 Å². The lowest BCUT2D eigenvalue weighted by molar-refractivity contribution is -0.122. The number of methoxy groups -OCH3 is 3. The zero-order valence-electron chi connectivity index (χ0n) is 21.1. The first-order valence-corrected chi connectivity index (χ1v) is 13.1. The van der Waals surface area contributed by atoms with Crippen LogP contribution >= 0.6 is 0 Å². The Balaban J connectivity index is 1.68. The molecule has 0 spiro atoms. The van der Waals surface area contributed by atoms with Crippen LogP contribution in [0.4, 0.5) is 10.1 Å². The summed E-state index contributed by atoms with van der Waals surface area (Å²) in [6.07, 6.45) is -0.126. The van der Waals surface area contributed by atoms with Crippen molar-refractivity contribution in [3.8, 4) is 17.2 Å². The van der Waals surface area contributed by atoms with Gasteiger partial charge in [-0.3, -0.25) is 9.59 Å². The molecule has 0 radical (unpaired) electrons. The van der Waals surface area contributed by atoms with Crippen molar-refractivity contribution in [2.45, 2.75) is 23.8 Å².